The van der Waals surface area contributed by atoms with E-state index < -0.39 is 0 Å². The molecule has 7 nitrogen and oxygen atoms in total. The quantitative estimate of drug-likeness (QED) is 0.669. The number of hydrogen-bond acceptors (Lipinski definition) is 5. The molecule has 0 unspecified atom stereocenters. The molecular weight excluding hydrogens is 394 g/mol. The van der Waals surface area contributed by atoms with Crippen LogP contribution in [0.25, 0.3) is 0 Å². The van der Waals surface area contributed by atoms with Crippen LogP contribution in [0.5, 0.6) is 0 Å². The summed E-state index contributed by atoms with van der Waals surface area (Å²) in [6.07, 6.45) is 1.35. The lowest BCUT2D eigenvalue weighted by molar-refractivity contribution is -0.147. The molecule has 0 bridgehead atoms. The second kappa shape index (κ2) is 10.7. The minimum absolute atomic E-state index is 0.0969. The number of piperidine rings is 1. The monoisotopic (exact) mass is 423 g/mol. The number of carbonyl (C=O) groups is 3. The molecular formula is C24H29N3O4. The van der Waals surface area contributed by atoms with Gasteiger partial charge in [-0.1, -0.05) is 42.5 Å². The van der Waals surface area contributed by atoms with E-state index in [9.17, 15) is 14.4 Å². The van der Waals surface area contributed by atoms with Gasteiger partial charge in [-0.25, -0.2) is 0 Å². The first-order valence-electron chi connectivity index (χ1n) is 10.5. The van der Waals surface area contributed by atoms with E-state index >= 15 is 0 Å². The fourth-order valence-electron chi connectivity index (χ4n) is 3.78. The predicted molar refractivity (Wildman–Crippen MR) is 119 cm³/mol. The van der Waals surface area contributed by atoms with Gasteiger partial charge in [0.15, 0.2) is 0 Å². The smallest absolute Gasteiger partial charge is 0.308 e. The molecule has 1 aliphatic heterocycles. The minimum atomic E-state index is -0.244. The van der Waals surface area contributed by atoms with Crippen molar-refractivity contribution >= 4 is 23.5 Å². The number of amides is 2. The maximum Gasteiger partial charge on any atom is 0.308 e. The summed E-state index contributed by atoms with van der Waals surface area (Å²) in [6.45, 7) is 3.45. The van der Waals surface area contributed by atoms with E-state index in [2.05, 4.69) is 10.6 Å². The van der Waals surface area contributed by atoms with E-state index in [1.807, 2.05) is 42.2 Å². The van der Waals surface area contributed by atoms with Crippen molar-refractivity contribution in [1.82, 2.24) is 10.2 Å². The molecule has 1 heterocycles. The van der Waals surface area contributed by atoms with Gasteiger partial charge in [0.25, 0.3) is 5.91 Å². The number of hydrogen-bond donors (Lipinski definition) is 2. The molecule has 3 rings (SSSR count). The van der Waals surface area contributed by atoms with Crippen molar-refractivity contribution in [2.45, 2.75) is 25.8 Å². The Morgan fingerprint density at radius 3 is 2.35 bits per heavy atom. The van der Waals surface area contributed by atoms with Crippen LogP contribution in [0, 0.1) is 5.92 Å². The summed E-state index contributed by atoms with van der Waals surface area (Å²) in [7, 11) is 1.40. The van der Waals surface area contributed by atoms with E-state index in [-0.39, 0.29) is 36.3 Å². The van der Waals surface area contributed by atoms with Crippen LogP contribution in [0.1, 0.15) is 41.7 Å². The Kier molecular flexibility index (Phi) is 7.78. The van der Waals surface area contributed by atoms with Gasteiger partial charge in [0.05, 0.1) is 36.9 Å². The van der Waals surface area contributed by atoms with Crippen molar-refractivity contribution in [3.63, 3.8) is 0 Å². The van der Waals surface area contributed by atoms with Gasteiger partial charge in [0.1, 0.15) is 0 Å². The molecule has 0 spiro atoms. The van der Waals surface area contributed by atoms with Crippen LogP contribution >= 0.6 is 0 Å². The number of anilines is 1. The van der Waals surface area contributed by atoms with Gasteiger partial charge in [0.2, 0.25) is 5.91 Å². The molecule has 2 amide bonds. The number of para-hydroxylation sites is 1. The van der Waals surface area contributed by atoms with Gasteiger partial charge in [0, 0.05) is 0 Å². The number of nitrogens with zero attached hydrogens (tertiary/aromatic N) is 1. The zero-order chi connectivity index (χ0) is 22.2. The van der Waals surface area contributed by atoms with Gasteiger partial charge >= 0.3 is 5.97 Å². The second-order valence-electron chi connectivity index (χ2n) is 7.77. The Labute approximate surface area is 182 Å². The Bertz CT molecular complexity index is 908. The zero-order valence-electron chi connectivity index (χ0n) is 18.0. The fraction of sp³-hybridized carbons (Fsp3) is 0.375. The SMILES string of the molecule is COC(=O)C1CCN(CC(=O)Nc2ccccc2C(=O)N[C@H](C)c2ccccc2)CC1. The van der Waals surface area contributed by atoms with Crippen LogP contribution in [-0.4, -0.2) is 49.4 Å². The standard InChI is InChI=1S/C24H29N3O4/c1-17(18-8-4-3-5-9-18)25-23(29)20-10-6-7-11-21(20)26-22(28)16-27-14-12-19(13-15-27)24(30)31-2/h3-11,17,19H,12-16H2,1-2H3,(H,25,29)(H,26,28)/t17-/m1/s1. The summed E-state index contributed by atoms with van der Waals surface area (Å²) in [5.74, 6) is -0.715. The van der Waals surface area contributed by atoms with Crippen LogP contribution in [0.4, 0.5) is 5.69 Å². The topological polar surface area (TPSA) is 87.7 Å². The first-order valence-corrected chi connectivity index (χ1v) is 10.5. The Morgan fingerprint density at radius 2 is 1.68 bits per heavy atom. The molecule has 2 aromatic rings. The number of benzene rings is 2. The average molecular weight is 424 g/mol. The summed E-state index contributed by atoms with van der Waals surface area (Å²) in [5.41, 5.74) is 1.91. The van der Waals surface area contributed by atoms with Crippen molar-refractivity contribution in [3.8, 4) is 0 Å². The molecule has 7 heteroatoms. The highest BCUT2D eigenvalue weighted by atomic mass is 16.5. The van der Waals surface area contributed by atoms with Gasteiger partial charge in [-0.2, -0.15) is 0 Å². The molecule has 0 aromatic heterocycles. The average Bonchev–Trinajstić information content (AvgIpc) is 2.79. The van der Waals surface area contributed by atoms with E-state index in [1.54, 1.807) is 24.3 Å². The summed E-state index contributed by atoms with van der Waals surface area (Å²) in [5, 5.41) is 5.85. The predicted octanol–water partition coefficient (Wildman–Crippen LogP) is 3.00. The summed E-state index contributed by atoms with van der Waals surface area (Å²) < 4.78 is 4.80. The molecule has 0 saturated carbocycles. The summed E-state index contributed by atoms with van der Waals surface area (Å²) in [4.78, 5) is 39.1. The van der Waals surface area contributed by atoms with Crippen LogP contribution < -0.4 is 10.6 Å². The third-order valence-electron chi connectivity index (χ3n) is 5.58. The molecule has 31 heavy (non-hydrogen) atoms. The van der Waals surface area contributed by atoms with Crippen LogP contribution in [-0.2, 0) is 14.3 Å². The van der Waals surface area contributed by atoms with Crippen molar-refractivity contribution < 1.29 is 19.1 Å². The van der Waals surface area contributed by atoms with Gasteiger partial charge in [-0.3, -0.25) is 19.3 Å². The van der Waals surface area contributed by atoms with Crippen molar-refractivity contribution in [3.05, 3.63) is 65.7 Å². The summed E-state index contributed by atoms with van der Waals surface area (Å²) >= 11 is 0. The molecule has 0 radical (unpaired) electrons. The number of carbonyl (C=O) groups excluding carboxylic acids is 3. The lowest BCUT2D eigenvalue weighted by Gasteiger charge is -2.30. The highest BCUT2D eigenvalue weighted by Crippen LogP contribution is 2.20. The molecule has 1 aliphatic rings. The number of rotatable bonds is 7. The third kappa shape index (κ3) is 6.15. The van der Waals surface area contributed by atoms with E-state index in [0.29, 0.717) is 37.2 Å². The number of methoxy groups -OCH3 is 1. The normalized spacial score (nSPS) is 15.7. The van der Waals surface area contributed by atoms with Gasteiger partial charge in [-0.15, -0.1) is 0 Å². The fourth-order valence-corrected chi connectivity index (χ4v) is 3.78. The third-order valence-corrected chi connectivity index (χ3v) is 5.58. The van der Waals surface area contributed by atoms with E-state index in [0.717, 1.165) is 5.56 Å². The van der Waals surface area contributed by atoms with Crippen molar-refractivity contribution in [1.29, 1.82) is 0 Å². The number of nitrogens with one attached hydrogen (secondary N) is 2. The maximum atomic E-state index is 12.8. The number of esters is 1. The maximum absolute atomic E-state index is 12.8. The molecule has 1 saturated heterocycles. The molecule has 1 atom stereocenters. The second-order valence-corrected chi connectivity index (χ2v) is 7.77. The van der Waals surface area contributed by atoms with Gasteiger partial charge in [-0.05, 0) is 50.6 Å². The van der Waals surface area contributed by atoms with E-state index in [4.69, 9.17) is 4.74 Å². The first kappa shape index (κ1) is 22.5. The first-order chi connectivity index (χ1) is 15.0. The van der Waals surface area contributed by atoms with Crippen molar-refractivity contribution in [2.75, 3.05) is 32.1 Å². The van der Waals surface area contributed by atoms with Crippen LogP contribution in [0.15, 0.2) is 54.6 Å². The Hall–Kier alpha value is -3.19. The number of likely N-dealkylation sites (tertiary alicyclic amines) is 1. The Balaban J connectivity index is 1.57. The summed E-state index contributed by atoms with van der Waals surface area (Å²) in [6, 6.07) is 16.5. The van der Waals surface area contributed by atoms with E-state index in [1.165, 1.54) is 7.11 Å². The van der Waals surface area contributed by atoms with Crippen molar-refractivity contribution in [2.24, 2.45) is 5.92 Å². The van der Waals surface area contributed by atoms with Gasteiger partial charge < -0.3 is 15.4 Å². The molecule has 1 fully saturated rings. The van der Waals surface area contributed by atoms with Crippen LogP contribution in [0.3, 0.4) is 0 Å². The van der Waals surface area contributed by atoms with Crippen LogP contribution in [0.2, 0.25) is 0 Å². The highest BCUT2D eigenvalue weighted by Gasteiger charge is 2.26. The zero-order valence-corrected chi connectivity index (χ0v) is 18.0. The molecule has 2 N–H and O–H groups in total. The Morgan fingerprint density at radius 1 is 1.03 bits per heavy atom. The molecule has 0 aliphatic carbocycles. The lowest BCUT2D eigenvalue weighted by atomic mass is 9.97. The molecule has 2 aromatic carbocycles. The largest absolute Gasteiger partial charge is 0.469 e. The highest BCUT2D eigenvalue weighted by molar-refractivity contribution is 6.04. The lowest BCUT2D eigenvalue weighted by Crippen LogP contribution is -2.41. The number of ether oxygens (including phenoxy) is 1. The minimum Gasteiger partial charge on any atom is -0.469 e. The molecule has 164 valence electrons.